The Kier molecular flexibility index (Phi) is 4.36. The van der Waals surface area contributed by atoms with Crippen molar-refractivity contribution in [3.8, 4) is 0 Å². The number of fused-ring (bicyclic) bond motifs is 1. The van der Waals surface area contributed by atoms with Crippen molar-refractivity contribution in [2.75, 3.05) is 13.1 Å². The summed E-state index contributed by atoms with van der Waals surface area (Å²) in [4.78, 5) is 16.1. The second-order valence-corrected chi connectivity index (χ2v) is 6.30. The maximum atomic E-state index is 12.9. The average Bonchev–Trinajstić information content (AvgIpc) is 3.04. The van der Waals surface area contributed by atoms with Crippen molar-refractivity contribution in [1.29, 1.82) is 0 Å². The van der Waals surface area contributed by atoms with E-state index < -0.39 is 0 Å². The van der Waals surface area contributed by atoms with Crippen LogP contribution in [0.2, 0.25) is 0 Å². The number of likely N-dealkylation sites (N-methyl/N-ethyl adjacent to an activating group) is 1. The molecule has 1 aliphatic rings. The van der Waals surface area contributed by atoms with Gasteiger partial charge in [-0.15, -0.1) is 11.3 Å². The maximum absolute atomic E-state index is 12.9. The van der Waals surface area contributed by atoms with E-state index in [0.29, 0.717) is 6.54 Å². The zero-order valence-corrected chi connectivity index (χ0v) is 13.0. The van der Waals surface area contributed by atoms with E-state index in [4.69, 9.17) is 0 Å². The van der Waals surface area contributed by atoms with Crippen molar-refractivity contribution in [1.82, 2.24) is 10.2 Å². The van der Waals surface area contributed by atoms with E-state index in [1.807, 2.05) is 24.0 Å². The van der Waals surface area contributed by atoms with E-state index in [0.717, 1.165) is 25.1 Å². The van der Waals surface area contributed by atoms with Gasteiger partial charge in [-0.05, 0) is 35.9 Å². The molecule has 0 spiro atoms. The number of hydrogen-bond acceptors (Lipinski definition) is 3. The van der Waals surface area contributed by atoms with Crippen LogP contribution in [0.3, 0.4) is 0 Å². The van der Waals surface area contributed by atoms with E-state index in [1.165, 1.54) is 10.4 Å². The predicted octanol–water partition coefficient (Wildman–Crippen LogP) is 2.98. The summed E-state index contributed by atoms with van der Waals surface area (Å²) in [5.74, 6) is 0.179. The Morgan fingerprint density at radius 2 is 2.19 bits per heavy atom. The Hall–Kier alpha value is -1.65. The summed E-state index contributed by atoms with van der Waals surface area (Å²) < 4.78 is 0. The van der Waals surface area contributed by atoms with Gasteiger partial charge in [0, 0.05) is 18.0 Å². The largest absolute Gasteiger partial charge is 0.336 e. The Bertz CT molecular complexity index is 609. The van der Waals surface area contributed by atoms with Crippen LogP contribution in [-0.4, -0.2) is 23.9 Å². The molecule has 1 aromatic carbocycles. The van der Waals surface area contributed by atoms with Gasteiger partial charge in [0.1, 0.15) is 6.04 Å². The number of nitrogens with zero attached hydrogens (tertiary/aromatic N) is 1. The summed E-state index contributed by atoms with van der Waals surface area (Å²) in [5.41, 5.74) is 2.43. The minimum Gasteiger partial charge on any atom is -0.336 e. The third kappa shape index (κ3) is 3.01. The second-order valence-electron chi connectivity index (χ2n) is 5.27. The minimum atomic E-state index is -0.199. The molecule has 1 aromatic heterocycles. The summed E-state index contributed by atoms with van der Waals surface area (Å²) in [7, 11) is 0. The SMILES string of the molecule is CCN(Cc1cccs1)C(=O)C1NCCc2ccccc21. The minimum absolute atomic E-state index is 0.179. The molecular formula is C17H20N2OS. The van der Waals surface area contributed by atoms with Crippen LogP contribution >= 0.6 is 11.3 Å². The van der Waals surface area contributed by atoms with Crippen LogP contribution < -0.4 is 5.32 Å². The summed E-state index contributed by atoms with van der Waals surface area (Å²) in [6.07, 6.45) is 0.997. The number of rotatable bonds is 4. The van der Waals surface area contributed by atoms with Gasteiger partial charge in [0.15, 0.2) is 0 Å². The lowest BCUT2D eigenvalue weighted by molar-refractivity contribution is -0.134. The molecule has 2 aromatic rings. The van der Waals surface area contributed by atoms with E-state index >= 15 is 0 Å². The van der Waals surface area contributed by atoms with Gasteiger partial charge in [0.25, 0.3) is 0 Å². The van der Waals surface area contributed by atoms with Crippen LogP contribution in [0, 0.1) is 0 Å². The van der Waals surface area contributed by atoms with Gasteiger partial charge in [0.2, 0.25) is 5.91 Å². The fourth-order valence-corrected chi connectivity index (χ4v) is 3.56. The number of amides is 1. The average molecular weight is 300 g/mol. The number of carbonyl (C=O) groups is 1. The molecule has 3 rings (SSSR count). The van der Waals surface area contributed by atoms with Gasteiger partial charge in [0.05, 0.1) is 6.54 Å². The number of nitrogens with one attached hydrogen (secondary N) is 1. The molecule has 1 amide bonds. The molecule has 1 atom stereocenters. The highest BCUT2D eigenvalue weighted by atomic mass is 32.1. The summed E-state index contributed by atoms with van der Waals surface area (Å²) in [6.45, 7) is 4.34. The molecule has 4 heteroatoms. The number of carbonyl (C=O) groups excluding carboxylic acids is 1. The third-order valence-electron chi connectivity index (χ3n) is 3.98. The van der Waals surface area contributed by atoms with Gasteiger partial charge in [-0.2, -0.15) is 0 Å². The molecule has 1 aliphatic heterocycles. The molecule has 0 bridgehead atoms. The molecule has 0 fully saturated rings. The Balaban J connectivity index is 1.81. The third-order valence-corrected chi connectivity index (χ3v) is 4.84. The van der Waals surface area contributed by atoms with Crippen LogP contribution in [-0.2, 0) is 17.8 Å². The topological polar surface area (TPSA) is 32.3 Å². The molecule has 0 radical (unpaired) electrons. The van der Waals surface area contributed by atoms with Crippen molar-refractivity contribution < 1.29 is 4.79 Å². The van der Waals surface area contributed by atoms with Crippen LogP contribution in [0.5, 0.6) is 0 Å². The monoisotopic (exact) mass is 300 g/mol. The summed E-state index contributed by atoms with van der Waals surface area (Å²) in [6, 6.07) is 12.2. The van der Waals surface area contributed by atoms with Crippen molar-refractivity contribution in [2.24, 2.45) is 0 Å². The lowest BCUT2D eigenvalue weighted by atomic mass is 9.93. The fourth-order valence-electron chi connectivity index (χ4n) is 2.84. The van der Waals surface area contributed by atoms with E-state index in [-0.39, 0.29) is 11.9 Å². The first-order valence-electron chi connectivity index (χ1n) is 7.42. The highest BCUT2D eigenvalue weighted by Crippen LogP contribution is 2.25. The Morgan fingerprint density at radius 1 is 1.33 bits per heavy atom. The molecular weight excluding hydrogens is 280 g/mol. The summed E-state index contributed by atoms with van der Waals surface area (Å²) >= 11 is 1.70. The lowest BCUT2D eigenvalue weighted by Gasteiger charge is -2.31. The molecule has 1 N–H and O–H groups in total. The first-order valence-corrected chi connectivity index (χ1v) is 8.30. The molecule has 110 valence electrons. The maximum Gasteiger partial charge on any atom is 0.244 e. The molecule has 1 unspecified atom stereocenters. The quantitative estimate of drug-likeness (QED) is 0.941. The molecule has 21 heavy (non-hydrogen) atoms. The molecule has 0 saturated heterocycles. The van der Waals surface area contributed by atoms with Crippen molar-refractivity contribution in [2.45, 2.75) is 25.9 Å². The zero-order chi connectivity index (χ0) is 14.7. The van der Waals surface area contributed by atoms with Crippen LogP contribution in [0.1, 0.15) is 29.0 Å². The number of hydrogen-bond donors (Lipinski definition) is 1. The van der Waals surface area contributed by atoms with Gasteiger partial charge in [-0.1, -0.05) is 30.3 Å². The number of benzene rings is 1. The zero-order valence-electron chi connectivity index (χ0n) is 12.2. The molecule has 3 nitrogen and oxygen atoms in total. The molecule has 0 saturated carbocycles. The standard InChI is InChI=1S/C17H20N2OS/c1-2-19(12-14-7-5-11-21-14)17(20)16-15-8-4-3-6-13(15)9-10-18-16/h3-8,11,16,18H,2,9-10,12H2,1H3. The first-order chi connectivity index (χ1) is 10.3. The molecule has 2 heterocycles. The van der Waals surface area contributed by atoms with Crippen molar-refractivity contribution >= 4 is 17.2 Å². The van der Waals surface area contributed by atoms with Crippen LogP contribution in [0.25, 0.3) is 0 Å². The van der Waals surface area contributed by atoms with Crippen LogP contribution in [0.4, 0.5) is 0 Å². The highest BCUT2D eigenvalue weighted by Gasteiger charge is 2.29. The van der Waals surface area contributed by atoms with Gasteiger partial charge < -0.3 is 10.2 Å². The summed E-state index contributed by atoms with van der Waals surface area (Å²) in [5, 5.41) is 5.44. The van der Waals surface area contributed by atoms with Crippen molar-refractivity contribution in [3.63, 3.8) is 0 Å². The first kappa shape index (κ1) is 14.3. The Morgan fingerprint density at radius 3 is 2.95 bits per heavy atom. The van der Waals surface area contributed by atoms with E-state index in [9.17, 15) is 4.79 Å². The van der Waals surface area contributed by atoms with Gasteiger partial charge >= 0.3 is 0 Å². The predicted molar refractivity (Wildman–Crippen MR) is 86.3 cm³/mol. The van der Waals surface area contributed by atoms with Crippen LogP contribution in [0.15, 0.2) is 41.8 Å². The Labute approximate surface area is 129 Å². The lowest BCUT2D eigenvalue weighted by Crippen LogP contribution is -2.43. The molecule has 0 aliphatic carbocycles. The van der Waals surface area contributed by atoms with Crippen molar-refractivity contribution in [3.05, 3.63) is 57.8 Å². The highest BCUT2D eigenvalue weighted by molar-refractivity contribution is 7.09. The van der Waals surface area contributed by atoms with E-state index in [2.05, 4.69) is 35.0 Å². The van der Waals surface area contributed by atoms with Gasteiger partial charge in [-0.25, -0.2) is 0 Å². The normalized spacial score (nSPS) is 17.3. The fraction of sp³-hybridized carbons (Fsp3) is 0.353. The number of thiophene rings is 1. The smallest absolute Gasteiger partial charge is 0.244 e. The second kappa shape index (κ2) is 6.41. The van der Waals surface area contributed by atoms with Gasteiger partial charge in [-0.3, -0.25) is 4.79 Å². The van der Waals surface area contributed by atoms with E-state index in [1.54, 1.807) is 11.3 Å².